The lowest BCUT2D eigenvalue weighted by molar-refractivity contribution is 0.194. The summed E-state index contributed by atoms with van der Waals surface area (Å²) < 4.78 is 8.53. The number of halogens is 1. The Balaban J connectivity index is 1.98. The van der Waals surface area contributed by atoms with Gasteiger partial charge in [0.1, 0.15) is 11.3 Å². The Kier molecular flexibility index (Phi) is 4.79. The average molecular weight is 405 g/mol. The van der Waals surface area contributed by atoms with E-state index in [1.54, 1.807) is 25.3 Å². The maximum atomic E-state index is 9.88. The molecule has 2 heterocycles. The Morgan fingerprint density at radius 1 is 1.28 bits per heavy atom. The first kappa shape index (κ1) is 17.8. The van der Waals surface area contributed by atoms with Gasteiger partial charge in [-0.05, 0) is 52.5 Å². The number of nitrogens with zero attached hydrogens (tertiary/aromatic N) is 4. The van der Waals surface area contributed by atoms with E-state index in [2.05, 4.69) is 52.0 Å². The first-order valence-corrected chi connectivity index (χ1v) is 8.88. The third kappa shape index (κ3) is 3.82. The molecule has 0 unspecified atom stereocenters. The Morgan fingerprint density at radius 2 is 2.04 bits per heavy atom. The Labute approximate surface area is 155 Å². The number of rotatable bonds is 4. The summed E-state index contributed by atoms with van der Waals surface area (Å²) in [5.74, 6) is 0.954. The van der Waals surface area contributed by atoms with Crippen LogP contribution in [0.15, 0.2) is 34.9 Å². The Hall–Kier alpha value is -1.99. The largest absolute Gasteiger partial charge is 0.437 e. The second kappa shape index (κ2) is 6.72. The topological polar surface area (TPSA) is 73.1 Å². The van der Waals surface area contributed by atoms with Crippen LogP contribution in [0, 0.1) is 5.41 Å². The summed E-state index contributed by atoms with van der Waals surface area (Å²) in [5.41, 5.74) is 2.40. The van der Waals surface area contributed by atoms with E-state index in [0.717, 1.165) is 17.6 Å². The summed E-state index contributed by atoms with van der Waals surface area (Å²) in [6.45, 7) is 8.92. The molecule has 3 rings (SSSR count). The van der Waals surface area contributed by atoms with Crippen molar-refractivity contribution in [2.75, 3.05) is 0 Å². The molecule has 0 radical (unpaired) electrons. The molecule has 0 saturated carbocycles. The van der Waals surface area contributed by atoms with Crippen molar-refractivity contribution >= 4 is 27.0 Å². The number of fused-ring (bicyclic) bond motifs is 1. The summed E-state index contributed by atoms with van der Waals surface area (Å²) in [7, 11) is 0. The van der Waals surface area contributed by atoms with Gasteiger partial charge in [0, 0.05) is 18.3 Å². The van der Waals surface area contributed by atoms with Crippen LogP contribution in [0.5, 0.6) is 11.6 Å². The van der Waals surface area contributed by atoms with E-state index < -0.39 is 6.10 Å². The zero-order valence-electron chi connectivity index (χ0n) is 14.7. The molecule has 0 saturated heterocycles. The van der Waals surface area contributed by atoms with Crippen LogP contribution in [-0.4, -0.2) is 25.1 Å². The van der Waals surface area contributed by atoms with Gasteiger partial charge in [-0.1, -0.05) is 26.0 Å². The zero-order chi connectivity index (χ0) is 18.2. The molecule has 6 nitrogen and oxygen atoms in total. The Bertz CT molecular complexity index is 900. The quantitative estimate of drug-likeness (QED) is 0.693. The third-order valence-electron chi connectivity index (χ3n) is 3.67. The minimum Gasteiger partial charge on any atom is -0.437 e. The van der Waals surface area contributed by atoms with Gasteiger partial charge in [0.05, 0.1) is 16.1 Å². The van der Waals surface area contributed by atoms with Gasteiger partial charge in [0.2, 0.25) is 5.88 Å². The number of hydrogen-bond acceptors (Lipinski definition) is 5. The van der Waals surface area contributed by atoms with E-state index in [9.17, 15) is 5.11 Å². The fourth-order valence-corrected chi connectivity index (χ4v) is 3.04. The molecular formula is C18H21BrN4O2. The van der Waals surface area contributed by atoms with Crippen molar-refractivity contribution in [3.8, 4) is 11.6 Å². The number of hydrogen-bond donors (Lipinski definition) is 1. The number of ether oxygens (including phenoxy) is 1. The van der Waals surface area contributed by atoms with Gasteiger partial charge in [-0.25, -0.2) is 9.67 Å². The third-order valence-corrected chi connectivity index (χ3v) is 4.44. The van der Waals surface area contributed by atoms with E-state index in [-0.39, 0.29) is 5.41 Å². The molecular weight excluding hydrogens is 384 g/mol. The van der Waals surface area contributed by atoms with Crippen molar-refractivity contribution in [3.63, 3.8) is 0 Å². The van der Waals surface area contributed by atoms with Crippen LogP contribution in [0.4, 0.5) is 0 Å². The van der Waals surface area contributed by atoms with Crippen molar-refractivity contribution in [1.82, 2.24) is 20.0 Å². The predicted octanol–water partition coefficient (Wildman–Crippen LogP) is 4.48. The maximum Gasteiger partial charge on any atom is 0.225 e. The highest BCUT2D eigenvalue weighted by Crippen LogP contribution is 2.36. The van der Waals surface area contributed by atoms with Gasteiger partial charge in [-0.3, -0.25) is 0 Å². The van der Waals surface area contributed by atoms with Gasteiger partial charge in [-0.2, -0.15) is 0 Å². The van der Waals surface area contributed by atoms with Crippen LogP contribution in [0.1, 0.15) is 39.4 Å². The van der Waals surface area contributed by atoms with E-state index in [1.807, 2.05) is 16.8 Å². The van der Waals surface area contributed by atoms with Crippen molar-refractivity contribution < 1.29 is 9.84 Å². The average Bonchev–Trinajstić information content (AvgIpc) is 2.92. The van der Waals surface area contributed by atoms with E-state index in [4.69, 9.17) is 4.74 Å². The molecule has 0 spiro atoms. The molecule has 0 bridgehead atoms. The molecule has 0 aliphatic carbocycles. The molecule has 25 heavy (non-hydrogen) atoms. The molecule has 1 aromatic carbocycles. The van der Waals surface area contributed by atoms with Crippen LogP contribution in [0.3, 0.4) is 0 Å². The molecule has 1 atom stereocenters. The number of benzene rings is 1. The Morgan fingerprint density at radius 3 is 2.72 bits per heavy atom. The van der Waals surface area contributed by atoms with Crippen molar-refractivity contribution in [1.29, 1.82) is 0 Å². The van der Waals surface area contributed by atoms with Crippen molar-refractivity contribution in [2.45, 2.75) is 40.3 Å². The van der Waals surface area contributed by atoms with Gasteiger partial charge in [-0.15, -0.1) is 5.10 Å². The summed E-state index contributed by atoms with van der Waals surface area (Å²) in [6.07, 6.45) is 0.964. The van der Waals surface area contributed by atoms with Crippen LogP contribution < -0.4 is 4.74 Å². The molecule has 1 N–H and O–H groups in total. The van der Waals surface area contributed by atoms with Crippen LogP contribution in [0.2, 0.25) is 0 Å². The maximum absolute atomic E-state index is 9.88. The lowest BCUT2D eigenvalue weighted by Crippen LogP contribution is -2.16. The standard InChI is InChI=1S/C18H21BrN4O2/c1-11(24)12-6-5-9-20-17(12)25-14-8-7-13-16(15(14)19)21-22-23(13)10-18(2,3)4/h5-9,11,24H,10H2,1-4H3/t11-/m1/s1. The molecule has 3 aromatic rings. The number of aliphatic hydroxyl groups is 1. The summed E-state index contributed by atoms with van der Waals surface area (Å²) in [5, 5.41) is 18.4. The highest BCUT2D eigenvalue weighted by Gasteiger charge is 2.19. The van der Waals surface area contributed by atoms with E-state index >= 15 is 0 Å². The molecule has 0 aliphatic heterocycles. The molecule has 132 valence electrons. The highest BCUT2D eigenvalue weighted by molar-refractivity contribution is 9.10. The van der Waals surface area contributed by atoms with E-state index in [0.29, 0.717) is 21.7 Å². The fraction of sp³-hybridized carbons (Fsp3) is 0.389. The van der Waals surface area contributed by atoms with Crippen LogP contribution in [-0.2, 0) is 6.54 Å². The number of aromatic nitrogens is 4. The van der Waals surface area contributed by atoms with Crippen LogP contribution >= 0.6 is 15.9 Å². The molecule has 7 heteroatoms. The zero-order valence-corrected chi connectivity index (χ0v) is 16.3. The SMILES string of the molecule is C[C@@H](O)c1cccnc1Oc1ccc2c(nnn2CC(C)(C)C)c1Br. The lowest BCUT2D eigenvalue weighted by Gasteiger charge is -2.18. The smallest absolute Gasteiger partial charge is 0.225 e. The fourth-order valence-electron chi connectivity index (χ4n) is 2.54. The first-order chi connectivity index (χ1) is 11.8. The van der Waals surface area contributed by atoms with Gasteiger partial charge >= 0.3 is 0 Å². The van der Waals surface area contributed by atoms with Gasteiger partial charge < -0.3 is 9.84 Å². The van der Waals surface area contributed by atoms with Gasteiger partial charge in [0.15, 0.2) is 0 Å². The summed E-state index contributed by atoms with van der Waals surface area (Å²) in [4.78, 5) is 4.23. The number of aliphatic hydroxyl groups excluding tert-OH is 1. The van der Waals surface area contributed by atoms with Crippen molar-refractivity contribution in [3.05, 3.63) is 40.5 Å². The monoisotopic (exact) mass is 404 g/mol. The first-order valence-electron chi connectivity index (χ1n) is 8.09. The highest BCUT2D eigenvalue weighted by atomic mass is 79.9. The van der Waals surface area contributed by atoms with E-state index in [1.165, 1.54) is 0 Å². The second-order valence-electron chi connectivity index (χ2n) is 7.23. The summed E-state index contributed by atoms with van der Waals surface area (Å²) >= 11 is 3.56. The minimum atomic E-state index is -0.668. The van der Waals surface area contributed by atoms with Gasteiger partial charge in [0.25, 0.3) is 0 Å². The molecule has 2 aromatic heterocycles. The normalized spacial score (nSPS) is 13.2. The minimum absolute atomic E-state index is 0.0996. The van der Waals surface area contributed by atoms with Crippen LogP contribution in [0.25, 0.3) is 11.0 Å². The molecule has 0 amide bonds. The second-order valence-corrected chi connectivity index (χ2v) is 8.02. The molecule has 0 aliphatic rings. The lowest BCUT2D eigenvalue weighted by atomic mass is 9.97. The molecule has 0 fully saturated rings. The predicted molar refractivity (Wildman–Crippen MR) is 99.6 cm³/mol. The number of pyridine rings is 1. The van der Waals surface area contributed by atoms with Crippen molar-refractivity contribution in [2.24, 2.45) is 5.41 Å². The summed E-state index contributed by atoms with van der Waals surface area (Å²) in [6, 6.07) is 7.35.